The lowest BCUT2D eigenvalue weighted by atomic mass is 10.1. The topological polar surface area (TPSA) is 54.5 Å². The number of aromatic nitrogens is 4. The number of fused-ring (bicyclic) bond motifs is 1. The fourth-order valence-corrected chi connectivity index (χ4v) is 2.58. The zero-order chi connectivity index (χ0) is 14.8. The maximum Gasteiger partial charge on any atom is 0.137 e. The van der Waals surface area contributed by atoms with Gasteiger partial charge in [0.15, 0.2) is 0 Å². The molecule has 0 aliphatic rings. The predicted octanol–water partition coefficient (Wildman–Crippen LogP) is 3.80. The van der Waals surface area contributed by atoms with Crippen LogP contribution in [0.2, 0.25) is 5.15 Å². The van der Waals surface area contributed by atoms with Gasteiger partial charge in [-0.2, -0.15) is 0 Å². The first-order valence-corrected chi connectivity index (χ1v) is 7.44. The fourth-order valence-electron chi connectivity index (χ4n) is 2.36. The van der Waals surface area contributed by atoms with Crippen LogP contribution in [0.25, 0.3) is 11.0 Å². The number of benzene rings is 1. The molecule has 2 aromatic heterocycles. The van der Waals surface area contributed by atoms with Crippen LogP contribution in [0.4, 0.5) is 0 Å². The third-order valence-electron chi connectivity index (χ3n) is 3.18. The maximum atomic E-state index is 6.10. The second-order valence-corrected chi connectivity index (χ2v) is 5.96. The third kappa shape index (κ3) is 3.39. The highest BCUT2D eigenvalue weighted by Crippen LogP contribution is 2.15. The highest BCUT2D eigenvalue weighted by atomic mass is 35.5. The molecule has 3 aromatic rings. The summed E-state index contributed by atoms with van der Waals surface area (Å²) in [5.74, 6) is 2.10. The fraction of sp³-hybridized carbons (Fsp3) is 0.312. The van der Waals surface area contributed by atoms with Crippen LogP contribution >= 0.6 is 11.6 Å². The molecule has 108 valence electrons. The Labute approximate surface area is 128 Å². The van der Waals surface area contributed by atoms with Crippen LogP contribution in [-0.4, -0.2) is 19.9 Å². The Bertz CT molecular complexity index is 731. The second kappa shape index (κ2) is 5.82. The van der Waals surface area contributed by atoms with E-state index in [4.69, 9.17) is 11.6 Å². The summed E-state index contributed by atoms with van der Waals surface area (Å²) >= 11 is 6.10. The lowest BCUT2D eigenvalue weighted by molar-refractivity contribution is 0.630. The normalized spacial score (nSPS) is 11.4. The van der Waals surface area contributed by atoms with E-state index in [9.17, 15) is 0 Å². The van der Waals surface area contributed by atoms with Gasteiger partial charge in [-0.3, -0.25) is 0 Å². The summed E-state index contributed by atoms with van der Waals surface area (Å²) in [5, 5.41) is 0.492. The number of rotatable bonds is 4. The molecular weight excluding hydrogens is 284 g/mol. The number of aromatic amines is 1. The highest BCUT2D eigenvalue weighted by Gasteiger charge is 2.09. The Balaban J connectivity index is 1.88. The number of nitrogens with zero attached hydrogens (tertiary/aromatic N) is 3. The van der Waals surface area contributed by atoms with Gasteiger partial charge < -0.3 is 4.98 Å². The number of imidazole rings is 1. The van der Waals surface area contributed by atoms with Crippen LogP contribution in [0, 0.1) is 5.92 Å². The number of nitrogens with one attached hydrogen (secondary N) is 1. The summed E-state index contributed by atoms with van der Waals surface area (Å²) in [6, 6.07) is 9.79. The number of halogens is 1. The van der Waals surface area contributed by atoms with Gasteiger partial charge in [-0.05, 0) is 30.5 Å². The molecule has 0 aliphatic carbocycles. The summed E-state index contributed by atoms with van der Waals surface area (Å²) in [6.07, 6.45) is 1.45. The van der Waals surface area contributed by atoms with Crippen molar-refractivity contribution in [1.82, 2.24) is 19.9 Å². The molecule has 3 rings (SSSR count). The van der Waals surface area contributed by atoms with Crippen LogP contribution in [0.15, 0.2) is 30.3 Å². The van der Waals surface area contributed by atoms with Gasteiger partial charge in [0.1, 0.15) is 16.8 Å². The second-order valence-electron chi connectivity index (χ2n) is 5.57. The van der Waals surface area contributed by atoms with Crippen molar-refractivity contribution in [3.63, 3.8) is 0 Å². The largest absolute Gasteiger partial charge is 0.342 e. The van der Waals surface area contributed by atoms with Gasteiger partial charge in [0, 0.05) is 5.69 Å². The van der Waals surface area contributed by atoms with Gasteiger partial charge in [0.05, 0.1) is 17.5 Å². The predicted molar refractivity (Wildman–Crippen MR) is 84.5 cm³/mol. The highest BCUT2D eigenvalue weighted by molar-refractivity contribution is 6.29. The van der Waals surface area contributed by atoms with Crippen LogP contribution in [0.3, 0.4) is 0 Å². The molecule has 0 unspecified atom stereocenters. The summed E-state index contributed by atoms with van der Waals surface area (Å²) in [7, 11) is 0. The molecule has 0 aliphatic heterocycles. The van der Waals surface area contributed by atoms with Crippen molar-refractivity contribution in [2.75, 3.05) is 0 Å². The van der Waals surface area contributed by atoms with Crippen LogP contribution in [-0.2, 0) is 12.8 Å². The van der Waals surface area contributed by atoms with E-state index in [1.807, 2.05) is 30.3 Å². The van der Waals surface area contributed by atoms with Gasteiger partial charge >= 0.3 is 0 Å². The van der Waals surface area contributed by atoms with Gasteiger partial charge in [-0.15, -0.1) is 0 Å². The van der Waals surface area contributed by atoms with E-state index in [1.54, 1.807) is 0 Å². The van der Waals surface area contributed by atoms with Crippen molar-refractivity contribution in [1.29, 1.82) is 0 Å². The Morgan fingerprint density at radius 2 is 1.95 bits per heavy atom. The Morgan fingerprint density at radius 1 is 1.14 bits per heavy atom. The van der Waals surface area contributed by atoms with E-state index in [-0.39, 0.29) is 0 Å². The maximum absolute atomic E-state index is 6.10. The number of hydrogen-bond donors (Lipinski definition) is 1. The Hall–Kier alpha value is -1.94. The van der Waals surface area contributed by atoms with Crippen molar-refractivity contribution >= 4 is 22.6 Å². The minimum absolute atomic E-state index is 0.492. The van der Waals surface area contributed by atoms with E-state index in [2.05, 4.69) is 33.8 Å². The summed E-state index contributed by atoms with van der Waals surface area (Å²) < 4.78 is 0. The molecule has 0 fully saturated rings. The Kier molecular flexibility index (Phi) is 3.88. The quantitative estimate of drug-likeness (QED) is 0.746. The molecule has 1 aromatic carbocycles. The molecule has 0 saturated heterocycles. The Morgan fingerprint density at radius 3 is 2.71 bits per heavy atom. The first-order chi connectivity index (χ1) is 10.1. The third-order valence-corrected chi connectivity index (χ3v) is 3.37. The summed E-state index contributed by atoms with van der Waals surface area (Å²) in [4.78, 5) is 16.7. The van der Waals surface area contributed by atoms with Gasteiger partial charge in [0.25, 0.3) is 0 Å². The standard InChI is InChI=1S/C16H17ClN4/c1-10(2)7-11-8-14(17)21-15(18-11)9-16-19-12-5-3-4-6-13(12)20-16/h3-6,8,10H,7,9H2,1-2H3,(H,19,20). The molecule has 0 radical (unpaired) electrons. The van der Waals surface area contributed by atoms with Crippen LogP contribution in [0.5, 0.6) is 0 Å². The SMILES string of the molecule is CC(C)Cc1cc(Cl)nc(Cc2nc3ccccc3[nH]2)n1. The monoisotopic (exact) mass is 300 g/mol. The van der Waals surface area contributed by atoms with Crippen molar-refractivity contribution in [3.05, 3.63) is 52.8 Å². The van der Waals surface area contributed by atoms with Crippen molar-refractivity contribution in [3.8, 4) is 0 Å². The smallest absolute Gasteiger partial charge is 0.137 e. The van der Waals surface area contributed by atoms with Crippen LogP contribution < -0.4 is 0 Å². The zero-order valence-corrected chi connectivity index (χ0v) is 12.9. The van der Waals surface area contributed by atoms with Gasteiger partial charge in [-0.1, -0.05) is 37.6 Å². The van der Waals surface area contributed by atoms with Gasteiger partial charge in [-0.25, -0.2) is 15.0 Å². The first-order valence-electron chi connectivity index (χ1n) is 7.06. The lowest BCUT2D eigenvalue weighted by Crippen LogP contribution is -2.04. The number of hydrogen-bond acceptors (Lipinski definition) is 3. The van der Waals surface area contributed by atoms with E-state index >= 15 is 0 Å². The minimum Gasteiger partial charge on any atom is -0.342 e. The molecular formula is C16H17ClN4. The van der Waals surface area contributed by atoms with E-state index in [1.165, 1.54) is 0 Å². The molecule has 1 N–H and O–H groups in total. The average molecular weight is 301 g/mol. The molecule has 5 heteroatoms. The van der Waals surface area contributed by atoms with E-state index < -0.39 is 0 Å². The molecule has 0 saturated carbocycles. The van der Waals surface area contributed by atoms with Crippen molar-refractivity contribution in [2.45, 2.75) is 26.7 Å². The molecule has 4 nitrogen and oxygen atoms in total. The lowest BCUT2D eigenvalue weighted by Gasteiger charge is -2.06. The first kappa shape index (κ1) is 14.0. The molecule has 0 amide bonds. The molecule has 0 bridgehead atoms. The van der Waals surface area contributed by atoms with Crippen molar-refractivity contribution in [2.24, 2.45) is 5.92 Å². The van der Waals surface area contributed by atoms with E-state index in [0.29, 0.717) is 23.3 Å². The molecule has 21 heavy (non-hydrogen) atoms. The number of para-hydroxylation sites is 2. The molecule has 0 atom stereocenters. The minimum atomic E-state index is 0.492. The van der Waals surface area contributed by atoms with Gasteiger partial charge in [0.2, 0.25) is 0 Å². The van der Waals surface area contributed by atoms with Crippen molar-refractivity contribution < 1.29 is 0 Å². The zero-order valence-electron chi connectivity index (χ0n) is 12.1. The molecule has 2 heterocycles. The van der Waals surface area contributed by atoms with Crippen LogP contribution in [0.1, 0.15) is 31.2 Å². The summed E-state index contributed by atoms with van der Waals surface area (Å²) in [5.41, 5.74) is 2.96. The summed E-state index contributed by atoms with van der Waals surface area (Å²) in [6.45, 7) is 4.32. The average Bonchev–Trinajstić information content (AvgIpc) is 2.78. The van der Waals surface area contributed by atoms with E-state index in [0.717, 1.165) is 29.0 Å². The number of H-pyrrole nitrogens is 1. The molecule has 0 spiro atoms.